The van der Waals surface area contributed by atoms with Gasteiger partial charge in [0.1, 0.15) is 0 Å². The van der Waals surface area contributed by atoms with Crippen LogP contribution in [-0.4, -0.2) is 8.42 Å². The third kappa shape index (κ3) is 3.39. The molecule has 0 aliphatic rings. The molecule has 112 valence electrons. The largest absolute Gasteiger partial charge is 0.279 e. The lowest BCUT2D eigenvalue weighted by atomic mass is 10.1. The van der Waals surface area contributed by atoms with Crippen LogP contribution < -0.4 is 4.72 Å². The van der Waals surface area contributed by atoms with Crippen LogP contribution in [0.2, 0.25) is 5.02 Å². The second kappa shape index (κ2) is 6.08. The quantitative estimate of drug-likeness (QED) is 0.910. The molecule has 0 spiro atoms. The van der Waals surface area contributed by atoms with E-state index in [2.05, 4.69) is 4.72 Å². The number of sulfonamides is 1. The van der Waals surface area contributed by atoms with Gasteiger partial charge in [0.15, 0.2) is 0 Å². The van der Waals surface area contributed by atoms with Gasteiger partial charge >= 0.3 is 0 Å². The molecule has 0 heterocycles. The van der Waals surface area contributed by atoms with Gasteiger partial charge in [-0.25, -0.2) is 8.42 Å². The van der Waals surface area contributed by atoms with Crippen LogP contribution in [0.5, 0.6) is 0 Å². The maximum atomic E-state index is 12.6. The molecule has 0 aliphatic carbocycles. The van der Waals surface area contributed by atoms with E-state index in [9.17, 15) is 8.42 Å². The lowest BCUT2D eigenvalue weighted by molar-refractivity contribution is 0.600. The highest BCUT2D eigenvalue weighted by Gasteiger charge is 2.19. The van der Waals surface area contributed by atoms with E-state index in [0.29, 0.717) is 16.3 Å². The molecule has 0 aromatic heterocycles. The van der Waals surface area contributed by atoms with Gasteiger partial charge in [0.2, 0.25) is 0 Å². The number of rotatable bonds is 4. The number of para-hydroxylation sites is 1. The molecule has 0 bridgehead atoms. The second-order valence-corrected chi connectivity index (χ2v) is 7.04. The van der Waals surface area contributed by atoms with Gasteiger partial charge in [0, 0.05) is 5.02 Å². The normalized spacial score (nSPS) is 11.4. The molecule has 0 saturated heterocycles. The molecular weight excluding hydrogens is 306 g/mol. The topological polar surface area (TPSA) is 46.2 Å². The van der Waals surface area contributed by atoms with Crippen LogP contribution in [-0.2, 0) is 16.4 Å². The fourth-order valence-electron chi connectivity index (χ4n) is 2.17. The molecule has 2 rings (SSSR count). The molecule has 5 heteroatoms. The van der Waals surface area contributed by atoms with E-state index in [0.717, 1.165) is 17.5 Å². The van der Waals surface area contributed by atoms with Crippen LogP contribution >= 0.6 is 11.6 Å². The summed E-state index contributed by atoms with van der Waals surface area (Å²) in [6.45, 7) is 5.53. The van der Waals surface area contributed by atoms with Crippen LogP contribution in [0.15, 0.2) is 41.3 Å². The summed E-state index contributed by atoms with van der Waals surface area (Å²) in [5.41, 5.74) is 2.95. The predicted molar refractivity (Wildman–Crippen MR) is 87.6 cm³/mol. The third-order valence-electron chi connectivity index (χ3n) is 3.39. The second-order valence-electron chi connectivity index (χ2n) is 4.98. The minimum Gasteiger partial charge on any atom is -0.279 e. The Balaban J connectivity index is 2.46. The van der Waals surface area contributed by atoms with Crippen molar-refractivity contribution in [3.63, 3.8) is 0 Å². The van der Waals surface area contributed by atoms with Crippen LogP contribution in [0.25, 0.3) is 0 Å². The molecule has 21 heavy (non-hydrogen) atoms. The first-order valence-electron chi connectivity index (χ1n) is 6.72. The summed E-state index contributed by atoms with van der Waals surface area (Å²) in [4.78, 5) is 0.260. The summed E-state index contributed by atoms with van der Waals surface area (Å²) < 4.78 is 27.9. The van der Waals surface area contributed by atoms with Gasteiger partial charge in [-0.3, -0.25) is 4.72 Å². The van der Waals surface area contributed by atoms with E-state index in [4.69, 9.17) is 11.6 Å². The standard InChI is InChI=1S/C16H18ClNO2S/c1-4-13-7-5-6-8-15(13)18-21(19,20)16-10-11(2)14(17)9-12(16)3/h5-10,18H,4H2,1-3H3. The van der Waals surface area contributed by atoms with Crippen molar-refractivity contribution < 1.29 is 8.42 Å². The van der Waals surface area contributed by atoms with E-state index in [1.54, 1.807) is 32.0 Å². The molecule has 1 N–H and O–H groups in total. The van der Waals surface area contributed by atoms with Gasteiger partial charge in [-0.1, -0.05) is 36.7 Å². The van der Waals surface area contributed by atoms with Gasteiger partial charge in [-0.05, 0) is 55.2 Å². The van der Waals surface area contributed by atoms with E-state index < -0.39 is 10.0 Å². The van der Waals surface area contributed by atoms with Crippen molar-refractivity contribution in [1.82, 2.24) is 0 Å². The molecule has 3 nitrogen and oxygen atoms in total. The highest BCUT2D eigenvalue weighted by Crippen LogP contribution is 2.26. The van der Waals surface area contributed by atoms with E-state index in [-0.39, 0.29) is 4.90 Å². The molecule has 0 radical (unpaired) electrons. The van der Waals surface area contributed by atoms with Crippen molar-refractivity contribution in [2.45, 2.75) is 32.1 Å². The molecule has 0 saturated carbocycles. The molecule has 2 aromatic carbocycles. The lowest BCUT2D eigenvalue weighted by Crippen LogP contribution is -2.15. The summed E-state index contributed by atoms with van der Waals surface area (Å²) in [5.74, 6) is 0. The Hall–Kier alpha value is -1.52. The highest BCUT2D eigenvalue weighted by molar-refractivity contribution is 7.92. The Kier molecular flexibility index (Phi) is 4.59. The maximum Gasteiger partial charge on any atom is 0.262 e. The van der Waals surface area contributed by atoms with E-state index in [1.165, 1.54) is 0 Å². The molecule has 0 unspecified atom stereocenters. The number of halogens is 1. The summed E-state index contributed by atoms with van der Waals surface area (Å²) in [5, 5.41) is 0.570. The van der Waals surface area contributed by atoms with Gasteiger partial charge in [-0.15, -0.1) is 0 Å². The Morgan fingerprint density at radius 3 is 2.43 bits per heavy atom. The van der Waals surface area contributed by atoms with Crippen molar-refractivity contribution in [2.75, 3.05) is 4.72 Å². The van der Waals surface area contributed by atoms with E-state index in [1.807, 2.05) is 25.1 Å². The molecule has 2 aromatic rings. The number of nitrogens with one attached hydrogen (secondary N) is 1. The smallest absolute Gasteiger partial charge is 0.262 e. The summed E-state index contributed by atoms with van der Waals surface area (Å²) in [6, 6.07) is 10.7. The minimum atomic E-state index is -3.62. The zero-order valence-corrected chi connectivity index (χ0v) is 13.8. The molecule has 0 amide bonds. The SMILES string of the molecule is CCc1ccccc1NS(=O)(=O)c1cc(C)c(Cl)cc1C. The zero-order valence-electron chi connectivity index (χ0n) is 12.3. The van der Waals surface area contributed by atoms with Crippen molar-refractivity contribution >= 4 is 27.3 Å². The average molecular weight is 324 g/mol. The minimum absolute atomic E-state index is 0.260. The fraction of sp³-hybridized carbons (Fsp3) is 0.250. The number of hydrogen-bond acceptors (Lipinski definition) is 2. The first-order valence-corrected chi connectivity index (χ1v) is 8.58. The number of anilines is 1. The molecule has 0 aliphatic heterocycles. The number of aryl methyl sites for hydroxylation is 3. The first kappa shape index (κ1) is 15.9. The van der Waals surface area contributed by atoms with Crippen molar-refractivity contribution in [1.29, 1.82) is 0 Å². The van der Waals surface area contributed by atoms with Crippen LogP contribution in [0.4, 0.5) is 5.69 Å². The van der Waals surface area contributed by atoms with Crippen molar-refractivity contribution in [3.8, 4) is 0 Å². The highest BCUT2D eigenvalue weighted by atomic mass is 35.5. The van der Waals surface area contributed by atoms with E-state index >= 15 is 0 Å². The Labute approximate surface area is 131 Å². The average Bonchev–Trinajstić information content (AvgIpc) is 2.43. The lowest BCUT2D eigenvalue weighted by Gasteiger charge is -2.14. The van der Waals surface area contributed by atoms with Crippen molar-refractivity contribution in [3.05, 3.63) is 58.1 Å². The van der Waals surface area contributed by atoms with Gasteiger partial charge in [0.25, 0.3) is 10.0 Å². The number of benzene rings is 2. The molecule has 0 atom stereocenters. The van der Waals surface area contributed by atoms with Crippen LogP contribution in [0, 0.1) is 13.8 Å². The predicted octanol–water partition coefficient (Wildman–Crippen LogP) is 4.32. The molecule has 0 fully saturated rings. The van der Waals surface area contributed by atoms with Gasteiger partial charge in [0.05, 0.1) is 10.6 Å². The first-order chi connectivity index (χ1) is 9.85. The third-order valence-corrected chi connectivity index (χ3v) is 5.30. The van der Waals surface area contributed by atoms with Crippen LogP contribution in [0.3, 0.4) is 0 Å². The Morgan fingerprint density at radius 1 is 1.10 bits per heavy atom. The Bertz CT molecular complexity index is 770. The Morgan fingerprint density at radius 2 is 1.76 bits per heavy atom. The van der Waals surface area contributed by atoms with Crippen molar-refractivity contribution in [2.24, 2.45) is 0 Å². The molecular formula is C16H18ClNO2S. The zero-order chi connectivity index (χ0) is 15.6. The maximum absolute atomic E-state index is 12.6. The summed E-state index contributed by atoms with van der Waals surface area (Å²) in [7, 11) is -3.62. The van der Waals surface area contributed by atoms with Crippen LogP contribution in [0.1, 0.15) is 23.6 Å². The monoisotopic (exact) mass is 323 g/mol. The summed E-state index contributed by atoms with van der Waals surface area (Å²) >= 11 is 6.03. The summed E-state index contributed by atoms with van der Waals surface area (Å²) in [6.07, 6.45) is 0.761. The fourth-order valence-corrected chi connectivity index (χ4v) is 3.80. The number of hydrogen-bond donors (Lipinski definition) is 1. The van der Waals surface area contributed by atoms with Gasteiger partial charge < -0.3 is 0 Å². The van der Waals surface area contributed by atoms with Gasteiger partial charge in [-0.2, -0.15) is 0 Å².